The number of anilines is 1. The summed E-state index contributed by atoms with van der Waals surface area (Å²) < 4.78 is 21.3. The minimum Gasteiger partial charge on any atom is -0.497 e. The molecule has 0 bridgehead atoms. The first-order valence-electron chi connectivity index (χ1n) is 9.43. The third-order valence-corrected chi connectivity index (χ3v) is 6.65. The molecule has 10 heteroatoms. The Morgan fingerprint density at radius 1 is 1.28 bits per heavy atom. The number of nitrogens with one attached hydrogen (secondary N) is 1. The Bertz CT molecular complexity index is 1360. The Balaban J connectivity index is 1.59. The van der Waals surface area contributed by atoms with Crippen molar-refractivity contribution in [2.45, 2.75) is 11.7 Å². The van der Waals surface area contributed by atoms with Gasteiger partial charge in [0.25, 0.3) is 5.56 Å². The van der Waals surface area contributed by atoms with Crippen molar-refractivity contribution in [1.29, 1.82) is 0 Å². The van der Waals surface area contributed by atoms with Crippen LogP contribution in [0.3, 0.4) is 0 Å². The zero-order valence-electron chi connectivity index (χ0n) is 16.8. The van der Waals surface area contributed by atoms with Crippen LogP contribution in [0, 0.1) is 5.82 Å². The topological polar surface area (TPSA) is 73.2 Å². The number of carbonyl (C=O) groups is 1. The number of hydrogen-bond donors (Lipinski definition) is 1. The Morgan fingerprint density at radius 3 is 2.91 bits per heavy atom. The van der Waals surface area contributed by atoms with Crippen LogP contribution < -0.4 is 15.6 Å². The molecule has 0 spiro atoms. The number of ether oxygens (including phenoxy) is 1. The second-order valence-electron chi connectivity index (χ2n) is 6.73. The zero-order valence-corrected chi connectivity index (χ0v) is 19.2. The Morgan fingerprint density at radius 2 is 2.12 bits per heavy atom. The second kappa shape index (κ2) is 9.72. The Labute approximate surface area is 196 Å². The fourth-order valence-corrected chi connectivity index (χ4v) is 4.77. The molecule has 0 saturated heterocycles. The van der Waals surface area contributed by atoms with Crippen molar-refractivity contribution in [2.24, 2.45) is 0 Å². The maximum Gasteiger partial charge on any atom is 0.272 e. The van der Waals surface area contributed by atoms with E-state index in [9.17, 15) is 14.0 Å². The lowest BCUT2D eigenvalue weighted by molar-refractivity contribution is -0.113. The van der Waals surface area contributed by atoms with Gasteiger partial charge in [0.2, 0.25) is 5.91 Å². The van der Waals surface area contributed by atoms with E-state index >= 15 is 0 Å². The highest BCUT2D eigenvalue weighted by atomic mass is 35.5. The molecule has 32 heavy (non-hydrogen) atoms. The molecule has 0 saturated carbocycles. The van der Waals surface area contributed by atoms with Crippen LogP contribution in [0.1, 0.15) is 5.56 Å². The number of halogens is 2. The molecular formula is C22H17ClFN3O3S2. The molecule has 0 aliphatic heterocycles. The Hall–Kier alpha value is -2.88. The number of carbonyl (C=O) groups excluding carboxylic acids is 1. The molecule has 0 radical (unpaired) electrons. The number of thiophene rings is 1. The number of aromatic nitrogens is 2. The van der Waals surface area contributed by atoms with E-state index in [1.54, 1.807) is 18.6 Å². The third-order valence-electron chi connectivity index (χ3n) is 4.54. The number of benzene rings is 2. The van der Waals surface area contributed by atoms with Crippen LogP contribution in [0.25, 0.3) is 10.2 Å². The van der Waals surface area contributed by atoms with Gasteiger partial charge in [-0.15, -0.1) is 11.3 Å². The predicted octanol–water partition coefficient (Wildman–Crippen LogP) is 5.04. The van der Waals surface area contributed by atoms with Crippen LogP contribution in [0.5, 0.6) is 5.75 Å². The highest BCUT2D eigenvalue weighted by molar-refractivity contribution is 7.99. The molecule has 4 aromatic rings. The predicted molar refractivity (Wildman–Crippen MR) is 127 cm³/mol. The molecule has 0 atom stereocenters. The largest absolute Gasteiger partial charge is 0.497 e. The van der Waals surface area contributed by atoms with E-state index < -0.39 is 11.7 Å². The van der Waals surface area contributed by atoms with Crippen molar-refractivity contribution >= 4 is 56.5 Å². The van der Waals surface area contributed by atoms with Crippen molar-refractivity contribution in [3.8, 4) is 5.75 Å². The molecule has 0 fully saturated rings. The maximum atomic E-state index is 14.0. The molecular weight excluding hydrogens is 473 g/mol. The van der Waals surface area contributed by atoms with Gasteiger partial charge in [-0.05, 0) is 47.3 Å². The number of amides is 1. The molecule has 4 rings (SSSR count). The normalized spacial score (nSPS) is 11.0. The number of hydrogen-bond acceptors (Lipinski definition) is 6. The zero-order chi connectivity index (χ0) is 22.7. The summed E-state index contributed by atoms with van der Waals surface area (Å²) in [6.45, 7) is 0.270. The van der Waals surface area contributed by atoms with E-state index in [1.165, 1.54) is 28.0 Å². The van der Waals surface area contributed by atoms with Gasteiger partial charge in [0.05, 0.1) is 30.6 Å². The van der Waals surface area contributed by atoms with Gasteiger partial charge < -0.3 is 10.1 Å². The second-order valence-corrected chi connectivity index (χ2v) is 9.03. The van der Waals surface area contributed by atoms with Crippen LogP contribution in [0.4, 0.5) is 10.1 Å². The first kappa shape index (κ1) is 22.3. The SMILES string of the molecule is COc1cccc(Cn2c(SCC(=O)Nc3ccc(Cl)cc3F)nc3ccsc3c2=O)c1. The fraction of sp³-hybridized carbons (Fsp3) is 0.136. The highest BCUT2D eigenvalue weighted by Crippen LogP contribution is 2.24. The lowest BCUT2D eigenvalue weighted by Crippen LogP contribution is -2.24. The van der Waals surface area contributed by atoms with Gasteiger partial charge in [-0.1, -0.05) is 35.5 Å². The molecule has 2 heterocycles. The Kier molecular flexibility index (Phi) is 6.78. The molecule has 164 valence electrons. The van der Waals surface area contributed by atoms with Crippen LogP contribution in [-0.2, 0) is 11.3 Å². The minimum atomic E-state index is -0.622. The van der Waals surface area contributed by atoms with E-state index in [0.717, 1.165) is 23.4 Å². The van der Waals surface area contributed by atoms with Gasteiger partial charge in [0, 0.05) is 5.02 Å². The number of thioether (sulfide) groups is 1. The average molecular weight is 490 g/mol. The van der Waals surface area contributed by atoms with Crippen molar-refractivity contribution in [1.82, 2.24) is 9.55 Å². The van der Waals surface area contributed by atoms with Crippen LogP contribution in [-0.4, -0.2) is 28.3 Å². The van der Waals surface area contributed by atoms with Crippen molar-refractivity contribution in [3.05, 3.63) is 80.7 Å². The van der Waals surface area contributed by atoms with E-state index in [1.807, 2.05) is 24.3 Å². The summed E-state index contributed by atoms with van der Waals surface area (Å²) in [6.07, 6.45) is 0. The summed E-state index contributed by atoms with van der Waals surface area (Å²) in [5.41, 5.74) is 1.29. The summed E-state index contributed by atoms with van der Waals surface area (Å²) in [5, 5.41) is 4.96. The first-order chi connectivity index (χ1) is 15.4. The first-order valence-corrected chi connectivity index (χ1v) is 11.7. The third kappa shape index (κ3) is 4.95. The van der Waals surface area contributed by atoms with E-state index in [0.29, 0.717) is 21.1 Å². The summed E-state index contributed by atoms with van der Waals surface area (Å²) in [4.78, 5) is 30.1. The van der Waals surface area contributed by atoms with Gasteiger partial charge >= 0.3 is 0 Å². The quantitative estimate of drug-likeness (QED) is 0.291. The molecule has 2 aromatic carbocycles. The standard InChI is InChI=1S/C22H17ClFN3O3S2/c1-30-15-4-2-3-13(9-15)11-27-21(29)20-18(7-8-31-20)26-22(27)32-12-19(28)25-17-6-5-14(23)10-16(17)24/h2-10H,11-12H2,1H3,(H,25,28). The van der Waals surface area contributed by atoms with E-state index in [4.69, 9.17) is 16.3 Å². The van der Waals surface area contributed by atoms with Gasteiger partial charge in [-0.3, -0.25) is 14.2 Å². The summed E-state index contributed by atoms with van der Waals surface area (Å²) in [7, 11) is 1.58. The number of nitrogens with zero attached hydrogens (tertiary/aromatic N) is 2. The van der Waals surface area contributed by atoms with E-state index in [-0.39, 0.29) is 28.6 Å². The highest BCUT2D eigenvalue weighted by Gasteiger charge is 2.16. The lowest BCUT2D eigenvalue weighted by Gasteiger charge is -2.13. The molecule has 0 aliphatic carbocycles. The monoisotopic (exact) mass is 489 g/mol. The number of rotatable bonds is 7. The maximum absolute atomic E-state index is 14.0. The lowest BCUT2D eigenvalue weighted by atomic mass is 10.2. The number of fused-ring (bicyclic) bond motifs is 1. The van der Waals surface area contributed by atoms with Gasteiger partial charge in [-0.25, -0.2) is 9.37 Å². The van der Waals surface area contributed by atoms with Crippen LogP contribution in [0.15, 0.2) is 63.9 Å². The molecule has 0 aliphatic rings. The molecule has 1 N–H and O–H groups in total. The average Bonchev–Trinajstić information content (AvgIpc) is 3.25. The van der Waals surface area contributed by atoms with Gasteiger partial charge in [0.15, 0.2) is 5.16 Å². The summed E-state index contributed by atoms with van der Waals surface area (Å²) >= 11 is 8.18. The van der Waals surface area contributed by atoms with Crippen LogP contribution in [0.2, 0.25) is 5.02 Å². The summed E-state index contributed by atoms with van der Waals surface area (Å²) in [6, 6.07) is 13.2. The number of methoxy groups -OCH3 is 1. The molecule has 2 aromatic heterocycles. The van der Waals surface area contributed by atoms with Crippen molar-refractivity contribution in [2.75, 3.05) is 18.2 Å². The molecule has 0 unspecified atom stereocenters. The van der Waals surface area contributed by atoms with Crippen LogP contribution >= 0.6 is 34.7 Å². The van der Waals surface area contributed by atoms with Crippen molar-refractivity contribution in [3.63, 3.8) is 0 Å². The van der Waals surface area contributed by atoms with E-state index in [2.05, 4.69) is 10.3 Å². The minimum absolute atomic E-state index is 0.0371. The smallest absolute Gasteiger partial charge is 0.272 e. The van der Waals surface area contributed by atoms with Gasteiger partial charge in [-0.2, -0.15) is 0 Å². The molecule has 6 nitrogen and oxygen atoms in total. The fourth-order valence-electron chi connectivity index (χ4n) is 3.03. The summed E-state index contributed by atoms with van der Waals surface area (Å²) in [5.74, 6) is -0.422. The van der Waals surface area contributed by atoms with Crippen molar-refractivity contribution < 1.29 is 13.9 Å². The van der Waals surface area contributed by atoms with Gasteiger partial charge in [0.1, 0.15) is 16.3 Å². The molecule has 1 amide bonds.